The van der Waals surface area contributed by atoms with E-state index >= 15 is 0 Å². The predicted octanol–water partition coefficient (Wildman–Crippen LogP) is 0.873. The molecule has 18 heavy (non-hydrogen) atoms. The van der Waals surface area contributed by atoms with Gasteiger partial charge in [0, 0.05) is 18.0 Å². The van der Waals surface area contributed by atoms with Gasteiger partial charge in [-0.3, -0.25) is 9.59 Å². The Hall–Kier alpha value is -1.10. The van der Waals surface area contributed by atoms with E-state index in [1.807, 2.05) is 0 Å². The Morgan fingerprint density at radius 2 is 1.83 bits per heavy atom. The van der Waals surface area contributed by atoms with E-state index in [1.54, 1.807) is 0 Å². The largest absolute Gasteiger partial charge is 0.481 e. The highest BCUT2D eigenvalue weighted by atomic mass is 16.4. The molecule has 0 aromatic heterocycles. The van der Waals surface area contributed by atoms with Crippen molar-refractivity contribution in [3.8, 4) is 0 Å². The van der Waals surface area contributed by atoms with Crippen LogP contribution in [0, 0.1) is 11.8 Å². The third kappa shape index (κ3) is 3.22. The average molecular weight is 254 g/mol. The van der Waals surface area contributed by atoms with Gasteiger partial charge in [0.25, 0.3) is 0 Å². The normalized spacial score (nSPS) is 36.3. The van der Waals surface area contributed by atoms with Crippen molar-refractivity contribution in [2.75, 3.05) is 0 Å². The molecule has 0 aliphatic heterocycles. The van der Waals surface area contributed by atoms with Crippen LogP contribution in [-0.2, 0) is 9.59 Å². The summed E-state index contributed by atoms with van der Waals surface area (Å²) in [4.78, 5) is 22.9. The van der Waals surface area contributed by atoms with E-state index < -0.39 is 5.97 Å². The average Bonchev–Trinajstić information content (AvgIpc) is 2.77. The zero-order valence-electron chi connectivity index (χ0n) is 10.6. The fourth-order valence-corrected chi connectivity index (χ4v) is 3.12. The lowest BCUT2D eigenvalue weighted by atomic mass is 9.85. The number of aliphatic carboxylic acids is 1. The van der Waals surface area contributed by atoms with Crippen molar-refractivity contribution in [3.05, 3.63) is 0 Å². The fraction of sp³-hybridized carbons (Fsp3) is 0.846. The van der Waals surface area contributed by atoms with Crippen LogP contribution >= 0.6 is 0 Å². The van der Waals surface area contributed by atoms with Crippen LogP contribution in [0.1, 0.15) is 44.9 Å². The number of hydrogen-bond acceptors (Lipinski definition) is 3. The Bertz CT molecular complexity index is 332. The van der Waals surface area contributed by atoms with Gasteiger partial charge in [-0.15, -0.1) is 0 Å². The van der Waals surface area contributed by atoms with Crippen molar-refractivity contribution < 1.29 is 14.7 Å². The van der Waals surface area contributed by atoms with Crippen LogP contribution in [0.25, 0.3) is 0 Å². The molecule has 102 valence electrons. The zero-order valence-corrected chi connectivity index (χ0v) is 10.6. The molecule has 0 radical (unpaired) electrons. The van der Waals surface area contributed by atoms with Crippen LogP contribution in [0.3, 0.4) is 0 Å². The van der Waals surface area contributed by atoms with Crippen LogP contribution in [0.15, 0.2) is 0 Å². The molecule has 5 heteroatoms. The Morgan fingerprint density at radius 3 is 2.44 bits per heavy atom. The molecule has 2 saturated carbocycles. The van der Waals surface area contributed by atoms with Gasteiger partial charge in [0.2, 0.25) is 5.91 Å². The number of amides is 1. The molecule has 0 saturated heterocycles. The van der Waals surface area contributed by atoms with Gasteiger partial charge in [0.15, 0.2) is 0 Å². The minimum absolute atomic E-state index is 0.0256. The van der Waals surface area contributed by atoms with E-state index in [2.05, 4.69) is 5.32 Å². The maximum atomic E-state index is 12.1. The van der Waals surface area contributed by atoms with Gasteiger partial charge in [-0.1, -0.05) is 6.42 Å². The standard InChI is InChI=1S/C13H22N2O3/c14-10-3-1-2-8(6-10)12(16)15-11-5-4-9(7-11)13(17)18/h8-11H,1-7,14H2,(H,15,16)(H,17,18). The number of carboxylic acids is 1. The third-order valence-corrected chi connectivity index (χ3v) is 4.21. The maximum absolute atomic E-state index is 12.1. The molecule has 0 aromatic rings. The minimum atomic E-state index is -0.744. The molecule has 4 atom stereocenters. The first-order chi connectivity index (χ1) is 8.56. The van der Waals surface area contributed by atoms with E-state index in [0.717, 1.165) is 32.1 Å². The van der Waals surface area contributed by atoms with Crippen molar-refractivity contribution >= 4 is 11.9 Å². The fourth-order valence-electron chi connectivity index (χ4n) is 3.12. The van der Waals surface area contributed by atoms with Crippen molar-refractivity contribution in [1.82, 2.24) is 5.32 Å². The highest BCUT2D eigenvalue weighted by Crippen LogP contribution is 2.27. The molecule has 0 heterocycles. The van der Waals surface area contributed by atoms with Crippen LogP contribution in [0.4, 0.5) is 0 Å². The number of carboxylic acid groups (broad SMARTS) is 1. The summed E-state index contributed by atoms with van der Waals surface area (Å²) >= 11 is 0. The first-order valence-electron chi connectivity index (χ1n) is 6.85. The van der Waals surface area contributed by atoms with Gasteiger partial charge in [0.1, 0.15) is 0 Å². The van der Waals surface area contributed by atoms with Crippen LogP contribution < -0.4 is 11.1 Å². The van der Waals surface area contributed by atoms with Gasteiger partial charge in [-0.2, -0.15) is 0 Å². The predicted molar refractivity (Wildman–Crippen MR) is 66.8 cm³/mol. The summed E-state index contributed by atoms with van der Waals surface area (Å²) in [5, 5.41) is 11.9. The minimum Gasteiger partial charge on any atom is -0.481 e. The van der Waals surface area contributed by atoms with Crippen molar-refractivity contribution in [2.45, 2.75) is 57.0 Å². The van der Waals surface area contributed by atoms with Crippen LogP contribution in [-0.4, -0.2) is 29.1 Å². The van der Waals surface area contributed by atoms with Gasteiger partial charge in [0.05, 0.1) is 5.92 Å². The molecular weight excluding hydrogens is 232 g/mol. The number of nitrogens with one attached hydrogen (secondary N) is 1. The Morgan fingerprint density at radius 1 is 1.06 bits per heavy atom. The van der Waals surface area contributed by atoms with E-state index in [1.165, 1.54) is 0 Å². The molecule has 0 aromatic carbocycles. The SMILES string of the molecule is NC1CCCC(C(=O)NC2CCC(C(=O)O)C2)C1. The molecule has 2 aliphatic rings. The number of carbonyl (C=O) groups is 2. The second-order valence-corrected chi connectivity index (χ2v) is 5.68. The highest BCUT2D eigenvalue weighted by molar-refractivity contribution is 5.79. The summed E-state index contributed by atoms with van der Waals surface area (Å²) in [6.45, 7) is 0. The number of carbonyl (C=O) groups excluding carboxylic acids is 1. The summed E-state index contributed by atoms with van der Waals surface area (Å²) in [6.07, 6.45) is 5.72. The summed E-state index contributed by atoms with van der Waals surface area (Å²) in [5.41, 5.74) is 5.88. The molecule has 0 bridgehead atoms. The summed E-state index contributed by atoms with van der Waals surface area (Å²) in [5.74, 6) is -0.936. The maximum Gasteiger partial charge on any atom is 0.306 e. The molecule has 4 N–H and O–H groups in total. The second kappa shape index (κ2) is 5.69. The van der Waals surface area contributed by atoms with E-state index in [4.69, 9.17) is 10.8 Å². The monoisotopic (exact) mass is 254 g/mol. The Balaban J connectivity index is 1.79. The topological polar surface area (TPSA) is 92.4 Å². The zero-order chi connectivity index (χ0) is 13.1. The first kappa shape index (κ1) is 13.3. The van der Waals surface area contributed by atoms with E-state index in [9.17, 15) is 9.59 Å². The smallest absolute Gasteiger partial charge is 0.306 e. The van der Waals surface area contributed by atoms with Gasteiger partial charge >= 0.3 is 5.97 Å². The summed E-state index contributed by atoms with van der Waals surface area (Å²) in [7, 11) is 0. The first-order valence-corrected chi connectivity index (χ1v) is 6.85. The summed E-state index contributed by atoms with van der Waals surface area (Å²) < 4.78 is 0. The number of hydrogen-bond donors (Lipinski definition) is 3. The highest BCUT2D eigenvalue weighted by Gasteiger charge is 2.32. The number of rotatable bonds is 3. The van der Waals surface area contributed by atoms with Gasteiger partial charge < -0.3 is 16.2 Å². The van der Waals surface area contributed by atoms with Crippen molar-refractivity contribution in [1.29, 1.82) is 0 Å². The quantitative estimate of drug-likeness (QED) is 0.697. The van der Waals surface area contributed by atoms with Gasteiger partial charge in [-0.25, -0.2) is 0 Å². The van der Waals surface area contributed by atoms with Crippen LogP contribution in [0.5, 0.6) is 0 Å². The molecular formula is C13H22N2O3. The lowest BCUT2D eigenvalue weighted by Crippen LogP contribution is -2.41. The summed E-state index contributed by atoms with van der Waals surface area (Å²) in [6, 6.07) is 0.182. The molecule has 2 rings (SSSR count). The van der Waals surface area contributed by atoms with E-state index in [-0.39, 0.29) is 29.8 Å². The second-order valence-electron chi connectivity index (χ2n) is 5.68. The van der Waals surface area contributed by atoms with Crippen molar-refractivity contribution in [3.63, 3.8) is 0 Å². The third-order valence-electron chi connectivity index (χ3n) is 4.21. The van der Waals surface area contributed by atoms with Gasteiger partial charge in [-0.05, 0) is 38.5 Å². The Kier molecular flexibility index (Phi) is 4.22. The Labute approximate surface area is 107 Å². The van der Waals surface area contributed by atoms with Crippen molar-refractivity contribution in [2.24, 2.45) is 17.6 Å². The lowest BCUT2D eigenvalue weighted by molar-refractivity contribution is -0.141. The molecule has 0 spiro atoms. The molecule has 2 aliphatic carbocycles. The molecule has 4 unspecified atom stereocenters. The lowest BCUT2D eigenvalue weighted by Gasteiger charge is -2.27. The molecule has 1 amide bonds. The van der Waals surface area contributed by atoms with Crippen LogP contribution in [0.2, 0.25) is 0 Å². The van der Waals surface area contributed by atoms with E-state index in [0.29, 0.717) is 12.8 Å². The molecule has 2 fully saturated rings. The number of nitrogens with two attached hydrogens (primary N) is 1. The molecule has 5 nitrogen and oxygen atoms in total.